The summed E-state index contributed by atoms with van der Waals surface area (Å²) in [7, 11) is 0. The van der Waals surface area contributed by atoms with Crippen LogP contribution in [-0.2, 0) is 6.42 Å². The van der Waals surface area contributed by atoms with Crippen LogP contribution in [0.4, 0.5) is 0 Å². The Bertz CT molecular complexity index is 246. The summed E-state index contributed by atoms with van der Waals surface area (Å²) >= 11 is 0. The Balaban J connectivity index is 2.71. The fourth-order valence-corrected chi connectivity index (χ4v) is 1.18. The number of hydrogen-bond donors (Lipinski definition) is 1. The van der Waals surface area contributed by atoms with Gasteiger partial charge in [0.25, 0.3) is 0 Å². The molecule has 0 amide bonds. The van der Waals surface area contributed by atoms with E-state index in [1.807, 2.05) is 12.1 Å². The van der Waals surface area contributed by atoms with E-state index in [1.54, 1.807) is 12.4 Å². The molecule has 66 valence electrons. The fourth-order valence-electron chi connectivity index (χ4n) is 1.18. The van der Waals surface area contributed by atoms with Gasteiger partial charge < -0.3 is 0 Å². The van der Waals surface area contributed by atoms with Gasteiger partial charge in [-0.1, -0.05) is 20.8 Å². The molecule has 1 heterocycles. The minimum atomic E-state index is 0.307. The van der Waals surface area contributed by atoms with Crippen molar-refractivity contribution in [2.24, 2.45) is 5.41 Å². The first-order valence-corrected chi connectivity index (χ1v) is 4.17. The van der Waals surface area contributed by atoms with Crippen LogP contribution in [0.25, 0.3) is 0 Å². The Morgan fingerprint density at radius 1 is 1.25 bits per heavy atom. The van der Waals surface area contributed by atoms with E-state index in [-0.39, 0.29) is 0 Å². The maximum atomic E-state index is 8.97. The van der Waals surface area contributed by atoms with Gasteiger partial charge in [0.2, 0.25) is 12.4 Å². The van der Waals surface area contributed by atoms with E-state index in [0.29, 0.717) is 5.41 Å². The zero-order valence-electron chi connectivity index (χ0n) is 7.91. The van der Waals surface area contributed by atoms with Crippen molar-refractivity contribution in [1.82, 2.24) is 0 Å². The highest BCUT2D eigenvalue weighted by Crippen LogP contribution is 2.19. The molecular weight excluding hydrogens is 150 g/mol. The molecule has 0 aliphatic carbocycles. The normalized spacial score (nSPS) is 11.6. The van der Waals surface area contributed by atoms with Gasteiger partial charge in [-0.2, -0.15) is 0 Å². The van der Waals surface area contributed by atoms with Crippen LogP contribution in [0.1, 0.15) is 26.3 Å². The molecule has 0 atom stereocenters. The predicted molar refractivity (Wildman–Crippen MR) is 47.0 cm³/mol. The maximum absolute atomic E-state index is 8.97. The summed E-state index contributed by atoms with van der Waals surface area (Å²) in [5.74, 6) is 0. The molecule has 1 rings (SSSR count). The SMILES string of the molecule is CC(C)(C)Cc1cc[n+](O)cc1. The molecule has 0 saturated carbocycles. The van der Waals surface area contributed by atoms with Crippen molar-refractivity contribution in [3.05, 3.63) is 30.1 Å². The highest BCUT2D eigenvalue weighted by molar-refractivity contribution is 5.08. The standard InChI is InChI=1S/C10H16NO/c1-10(2,3)8-9-4-6-11(12)7-5-9/h4-7,12H,8H2,1-3H3/q+1. The van der Waals surface area contributed by atoms with Gasteiger partial charge in [0.1, 0.15) is 0 Å². The maximum Gasteiger partial charge on any atom is 0.222 e. The predicted octanol–water partition coefficient (Wildman–Crippen LogP) is 1.80. The van der Waals surface area contributed by atoms with Gasteiger partial charge in [-0.3, -0.25) is 5.21 Å². The van der Waals surface area contributed by atoms with Crippen LogP contribution in [0.2, 0.25) is 0 Å². The van der Waals surface area contributed by atoms with E-state index in [2.05, 4.69) is 20.8 Å². The Hall–Kier alpha value is -1.05. The molecule has 12 heavy (non-hydrogen) atoms. The fraction of sp³-hybridized carbons (Fsp3) is 0.500. The van der Waals surface area contributed by atoms with Crippen LogP contribution >= 0.6 is 0 Å². The molecule has 1 N–H and O–H groups in total. The molecular formula is C10H16NO+. The minimum Gasteiger partial charge on any atom is -0.285 e. The summed E-state index contributed by atoms with van der Waals surface area (Å²) in [6, 6.07) is 3.87. The highest BCUT2D eigenvalue weighted by Gasteiger charge is 2.11. The van der Waals surface area contributed by atoms with Crippen molar-refractivity contribution in [1.29, 1.82) is 0 Å². The molecule has 0 bridgehead atoms. The van der Waals surface area contributed by atoms with Gasteiger partial charge in [-0.15, -0.1) is 0 Å². The minimum absolute atomic E-state index is 0.307. The van der Waals surface area contributed by atoms with E-state index in [9.17, 15) is 0 Å². The van der Waals surface area contributed by atoms with E-state index in [1.165, 1.54) is 5.56 Å². The molecule has 2 heteroatoms. The van der Waals surface area contributed by atoms with Crippen LogP contribution < -0.4 is 4.73 Å². The molecule has 0 fully saturated rings. The Labute approximate surface area is 73.4 Å². The zero-order valence-corrected chi connectivity index (χ0v) is 7.91. The van der Waals surface area contributed by atoms with Crippen LogP contribution in [0.15, 0.2) is 24.5 Å². The lowest BCUT2D eigenvalue weighted by Gasteiger charge is -2.16. The second-order valence-electron chi connectivity index (χ2n) is 4.32. The van der Waals surface area contributed by atoms with Gasteiger partial charge in [0.15, 0.2) is 0 Å². The van der Waals surface area contributed by atoms with Crippen molar-refractivity contribution in [3.63, 3.8) is 0 Å². The van der Waals surface area contributed by atoms with Crippen molar-refractivity contribution >= 4 is 0 Å². The van der Waals surface area contributed by atoms with Crippen LogP contribution in [0.3, 0.4) is 0 Å². The topological polar surface area (TPSA) is 24.1 Å². The first kappa shape index (κ1) is 9.04. The van der Waals surface area contributed by atoms with Gasteiger partial charge in [-0.25, -0.2) is 0 Å². The average molecular weight is 166 g/mol. The monoisotopic (exact) mass is 166 g/mol. The first-order valence-electron chi connectivity index (χ1n) is 4.17. The third kappa shape index (κ3) is 2.91. The lowest BCUT2D eigenvalue weighted by molar-refractivity contribution is -0.904. The van der Waals surface area contributed by atoms with Gasteiger partial charge >= 0.3 is 0 Å². The number of hydrogen-bond acceptors (Lipinski definition) is 1. The van der Waals surface area contributed by atoms with E-state index in [4.69, 9.17) is 5.21 Å². The van der Waals surface area contributed by atoms with Crippen molar-refractivity contribution in [2.45, 2.75) is 27.2 Å². The lowest BCUT2D eigenvalue weighted by atomic mass is 9.89. The zero-order chi connectivity index (χ0) is 9.19. The molecule has 1 aromatic heterocycles. The molecule has 1 aromatic rings. The van der Waals surface area contributed by atoms with E-state index >= 15 is 0 Å². The molecule has 0 aliphatic rings. The van der Waals surface area contributed by atoms with Crippen LogP contribution in [0, 0.1) is 5.41 Å². The first-order chi connectivity index (χ1) is 5.47. The highest BCUT2D eigenvalue weighted by atomic mass is 16.5. The molecule has 0 radical (unpaired) electrons. The Morgan fingerprint density at radius 2 is 1.75 bits per heavy atom. The average Bonchev–Trinajstić information content (AvgIpc) is 1.91. The van der Waals surface area contributed by atoms with Crippen LogP contribution in [0.5, 0.6) is 0 Å². The largest absolute Gasteiger partial charge is 0.285 e. The van der Waals surface area contributed by atoms with Gasteiger partial charge in [0.05, 0.1) is 0 Å². The smallest absolute Gasteiger partial charge is 0.222 e. The summed E-state index contributed by atoms with van der Waals surface area (Å²) in [5.41, 5.74) is 1.56. The van der Waals surface area contributed by atoms with Gasteiger partial charge in [0, 0.05) is 16.9 Å². The van der Waals surface area contributed by atoms with Gasteiger partial charge in [-0.05, 0) is 17.4 Å². The van der Waals surface area contributed by atoms with Crippen LogP contribution in [-0.4, -0.2) is 5.21 Å². The summed E-state index contributed by atoms with van der Waals surface area (Å²) in [4.78, 5) is 0. The number of rotatable bonds is 1. The molecule has 0 aliphatic heterocycles. The number of aromatic nitrogens is 1. The van der Waals surface area contributed by atoms with Crippen molar-refractivity contribution in [3.8, 4) is 0 Å². The quantitative estimate of drug-likeness (QED) is 0.499. The van der Waals surface area contributed by atoms with Crippen molar-refractivity contribution in [2.75, 3.05) is 0 Å². The second-order valence-corrected chi connectivity index (χ2v) is 4.32. The molecule has 2 nitrogen and oxygen atoms in total. The third-order valence-corrected chi connectivity index (χ3v) is 1.62. The summed E-state index contributed by atoms with van der Waals surface area (Å²) in [6.45, 7) is 6.60. The Kier molecular flexibility index (Phi) is 2.36. The summed E-state index contributed by atoms with van der Waals surface area (Å²) in [5, 5.41) is 8.97. The lowest BCUT2D eigenvalue weighted by Crippen LogP contribution is -2.28. The molecule has 0 saturated heterocycles. The van der Waals surface area contributed by atoms with E-state index in [0.717, 1.165) is 11.2 Å². The molecule has 0 unspecified atom stereocenters. The molecule has 0 spiro atoms. The van der Waals surface area contributed by atoms with E-state index < -0.39 is 0 Å². The third-order valence-electron chi connectivity index (χ3n) is 1.62. The summed E-state index contributed by atoms with van der Waals surface area (Å²) in [6.07, 6.45) is 4.34. The number of nitrogens with zero attached hydrogens (tertiary/aromatic N) is 1. The Morgan fingerprint density at radius 3 is 2.17 bits per heavy atom. The number of pyridine rings is 1. The van der Waals surface area contributed by atoms with Crippen molar-refractivity contribution < 1.29 is 9.94 Å². The second kappa shape index (κ2) is 3.13. The molecule has 0 aromatic carbocycles. The summed E-state index contributed by atoms with van der Waals surface area (Å²) < 4.78 is 1.06.